The van der Waals surface area contributed by atoms with E-state index in [0.717, 1.165) is 33.0 Å². The molecule has 0 spiro atoms. The van der Waals surface area contributed by atoms with Gasteiger partial charge in [-0.1, -0.05) is 123 Å². The van der Waals surface area contributed by atoms with Crippen molar-refractivity contribution in [2.45, 2.75) is 19.3 Å². The third kappa shape index (κ3) is 3.41. The zero-order chi connectivity index (χ0) is 34.3. The summed E-state index contributed by atoms with van der Waals surface area (Å²) in [5.74, 6) is 0. The van der Waals surface area contributed by atoms with Crippen molar-refractivity contribution in [3.63, 3.8) is 0 Å². The van der Waals surface area contributed by atoms with E-state index in [-0.39, 0.29) is 5.41 Å². The van der Waals surface area contributed by atoms with E-state index in [1.54, 1.807) is 0 Å². The molecule has 8 aromatic carbocycles. The minimum atomic E-state index is -0.225. The first-order valence-corrected chi connectivity index (χ1v) is 18.1. The fraction of sp³-hybridized carbons (Fsp3) is 0.0612. The van der Waals surface area contributed by atoms with Crippen molar-refractivity contribution >= 4 is 76.3 Å². The molecule has 0 N–H and O–H groups in total. The largest absolute Gasteiger partial charge is 0.455 e. The van der Waals surface area contributed by atoms with Crippen molar-refractivity contribution in [3.05, 3.63) is 169 Å². The van der Waals surface area contributed by atoms with Crippen LogP contribution in [-0.2, 0) is 5.41 Å². The molecule has 12 rings (SSSR count). The lowest BCUT2D eigenvalue weighted by Crippen LogP contribution is -2.15. The number of rotatable bonds is 2. The van der Waals surface area contributed by atoms with E-state index in [1.165, 1.54) is 76.9 Å². The Morgan fingerprint density at radius 1 is 0.481 bits per heavy atom. The average molecular weight is 665 g/mol. The molecule has 3 heteroatoms. The number of hydrogen-bond donors (Lipinski definition) is 0. The smallest absolute Gasteiger partial charge is 0.143 e. The van der Waals surface area contributed by atoms with E-state index >= 15 is 0 Å². The summed E-state index contributed by atoms with van der Waals surface area (Å²) in [4.78, 5) is 0. The Bertz CT molecular complexity index is 3320. The Kier molecular flexibility index (Phi) is 5.31. The lowest BCUT2D eigenvalue weighted by atomic mass is 9.80. The average Bonchev–Trinajstić information content (AvgIpc) is 3.90. The number of furan rings is 1. The molecule has 0 saturated carbocycles. The van der Waals surface area contributed by atoms with Crippen molar-refractivity contribution in [1.82, 2.24) is 9.13 Å². The van der Waals surface area contributed by atoms with Crippen molar-refractivity contribution in [3.8, 4) is 22.5 Å². The van der Waals surface area contributed by atoms with Gasteiger partial charge in [-0.3, -0.25) is 0 Å². The zero-order valence-electron chi connectivity index (χ0n) is 28.8. The van der Waals surface area contributed by atoms with Gasteiger partial charge >= 0.3 is 0 Å². The molecule has 0 aliphatic heterocycles. The van der Waals surface area contributed by atoms with Crippen LogP contribution in [0.1, 0.15) is 25.0 Å². The van der Waals surface area contributed by atoms with E-state index in [0.29, 0.717) is 0 Å². The molecule has 244 valence electrons. The minimum absolute atomic E-state index is 0.225. The number of fused-ring (bicyclic) bond motifs is 17. The van der Waals surface area contributed by atoms with Gasteiger partial charge in [0.1, 0.15) is 11.2 Å². The van der Waals surface area contributed by atoms with Gasteiger partial charge in [0.2, 0.25) is 0 Å². The Balaban J connectivity index is 1.33. The molecule has 0 amide bonds. The fourth-order valence-corrected chi connectivity index (χ4v) is 9.70. The van der Waals surface area contributed by atoms with Gasteiger partial charge in [-0.2, -0.15) is 0 Å². The predicted octanol–water partition coefficient (Wildman–Crippen LogP) is 13.2. The third-order valence-corrected chi connectivity index (χ3v) is 11.8. The normalized spacial score (nSPS) is 13.7. The minimum Gasteiger partial charge on any atom is -0.455 e. The van der Waals surface area contributed by atoms with Gasteiger partial charge in [0.25, 0.3) is 0 Å². The van der Waals surface area contributed by atoms with E-state index in [4.69, 9.17) is 4.42 Å². The van der Waals surface area contributed by atoms with E-state index < -0.39 is 0 Å². The molecular weight excluding hydrogens is 633 g/mol. The van der Waals surface area contributed by atoms with Gasteiger partial charge in [0.05, 0.1) is 22.1 Å². The van der Waals surface area contributed by atoms with Crippen LogP contribution in [0, 0.1) is 0 Å². The number of hydrogen-bond acceptors (Lipinski definition) is 1. The molecule has 3 nitrogen and oxygen atoms in total. The molecule has 1 aliphatic rings. The Morgan fingerprint density at radius 3 is 1.94 bits per heavy atom. The SMILES string of the molecule is CC1(C)c2ccccc2-c2c1c1c3ccccc3n(-c3ccccc3)c1c1c3ccccc3n(-c3ccc4oc5c6ccccc6ccc5c4c3)c21. The first kappa shape index (κ1) is 28.2. The third-order valence-electron chi connectivity index (χ3n) is 11.8. The zero-order valence-corrected chi connectivity index (χ0v) is 28.8. The van der Waals surface area contributed by atoms with E-state index in [1.807, 2.05) is 0 Å². The molecule has 0 atom stereocenters. The molecule has 11 aromatic rings. The molecular formula is C49H32N2O. The van der Waals surface area contributed by atoms with Crippen molar-refractivity contribution in [2.75, 3.05) is 0 Å². The molecule has 3 heterocycles. The second kappa shape index (κ2) is 9.80. The van der Waals surface area contributed by atoms with Crippen LogP contribution in [0.3, 0.4) is 0 Å². The molecule has 3 aromatic heterocycles. The maximum absolute atomic E-state index is 6.60. The summed E-state index contributed by atoms with van der Waals surface area (Å²) >= 11 is 0. The highest BCUT2D eigenvalue weighted by molar-refractivity contribution is 6.32. The summed E-state index contributed by atoms with van der Waals surface area (Å²) in [5, 5.41) is 9.75. The fourth-order valence-electron chi connectivity index (χ4n) is 9.70. The van der Waals surface area contributed by atoms with Crippen molar-refractivity contribution in [2.24, 2.45) is 0 Å². The second-order valence-corrected chi connectivity index (χ2v) is 14.9. The van der Waals surface area contributed by atoms with Crippen molar-refractivity contribution < 1.29 is 4.42 Å². The van der Waals surface area contributed by atoms with Crippen LogP contribution in [0.2, 0.25) is 0 Å². The number of benzene rings is 8. The van der Waals surface area contributed by atoms with Crippen molar-refractivity contribution in [1.29, 1.82) is 0 Å². The van der Waals surface area contributed by atoms with Gasteiger partial charge in [0, 0.05) is 60.1 Å². The van der Waals surface area contributed by atoms with Crippen LogP contribution in [0.5, 0.6) is 0 Å². The topological polar surface area (TPSA) is 23.0 Å². The standard InChI is InChI=1S/C49H32N2O/c1-49(2)38-21-11-8-18-34(38)42-45(49)43-35-19-9-12-22-39(35)50(30-15-4-3-5-16-30)47(43)44-36-20-10-13-23-40(36)51(46(42)44)31-25-27-41-37(28-31)33-26-24-29-14-6-7-17-32(29)48(33)52-41/h3-28H,1-2H3. The summed E-state index contributed by atoms with van der Waals surface area (Å²) in [6, 6.07) is 57.6. The summed E-state index contributed by atoms with van der Waals surface area (Å²) in [5.41, 5.74) is 14.3. The predicted molar refractivity (Wildman–Crippen MR) is 217 cm³/mol. The summed E-state index contributed by atoms with van der Waals surface area (Å²) in [6.07, 6.45) is 0. The molecule has 52 heavy (non-hydrogen) atoms. The van der Waals surface area contributed by atoms with Gasteiger partial charge in [-0.25, -0.2) is 0 Å². The summed E-state index contributed by atoms with van der Waals surface area (Å²) in [6.45, 7) is 4.83. The number of nitrogens with zero attached hydrogens (tertiary/aromatic N) is 2. The monoisotopic (exact) mass is 664 g/mol. The van der Waals surface area contributed by atoms with Crippen LogP contribution in [0.25, 0.3) is 98.8 Å². The molecule has 0 bridgehead atoms. The molecule has 0 radical (unpaired) electrons. The number of aromatic nitrogens is 2. The van der Waals surface area contributed by atoms with E-state index in [9.17, 15) is 0 Å². The second-order valence-electron chi connectivity index (χ2n) is 14.9. The number of para-hydroxylation sites is 3. The molecule has 1 aliphatic carbocycles. The highest BCUT2D eigenvalue weighted by Crippen LogP contribution is 2.58. The Labute approximate surface area is 299 Å². The van der Waals surface area contributed by atoms with Gasteiger partial charge in [0.15, 0.2) is 0 Å². The van der Waals surface area contributed by atoms with Gasteiger partial charge in [-0.15, -0.1) is 0 Å². The molecule has 0 saturated heterocycles. The van der Waals surface area contributed by atoms with Crippen LogP contribution >= 0.6 is 0 Å². The highest BCUT2D eigenvalue weighted by Gasteiger charge is 2.41. The van der Waals surface area contributed by atoms with Gasteiger partial charge < -0.3 is 13.6 Å². The summed E-state index contributed by atoms with van der Waals surface area (Å²) < 4.78 is 11.7. The lowest BCUT2D eigenvalue weighted by Gasteiger charge is -2.23. The Morgan fingerprint density at radius 2 is 1.13 bits per heavy atom. The quantitative estimate of drug-likeness (QED) is 0.180. The van der Waals surface area contributed by atoms with Crippen LogP contribution in [0.4, 0.5) is 0 Å². The molecule has 0 unspecified atom stereocenters. The first-order chi connectivity index (χ1) is 25.6. The van der Waals surface area contributed by atoms with Crippen LogP contribution in [0.15, 0.2) is 162 Å². The highest BCUT2D eigenvalue weighted by atomic mass is 16.3. The first-order valence-electron chi connectivity index (χ1n) is 18.1. The summed E-state index contributed by atoms with van der Waals surface area (Å²) in [7, 11) is 0. The molecule has 0 fully saturated rings. The lowest BCUT2D eigenvalue weighted by molar-refractivity contribution is 0.667. The van der Waals surface area contributed by atoms with Crippen LogP contribution < -0.4 is 0 Å². The maximum atomic E-state index is 6.60. The van der Waals surface area contributed by atoms with E-state index in [2.05, 4.69) is 181 Å². The van der Waals surface area contributed by atoms with Gasteiger partial charge in [-0.05, 0) is 70.6 Å². The maximum Gasteiger partial charge on any atom is 0.143 e. The van der Waals surface area contributed by atoms with Crippen LogP contribution in [-0.4, -0.2) is 9.13 Å². The Hall–Kier alpha value is -6.58.